The Kier molecular flexibility index (Phi) is 5.60. The van der Waals surface area contributed by atoms with Gasteiger partial charge in [0.2, 0.25) is 0 Å². The normalized spacial score (nSPS) is 20.6. The van der Waals surface area contributed by atoms with Gasteiger partial charge in [0.05, 0.1) is 11.5 Å². The van der Waals surface area contributed by atoms with Crippen molar-refractivity contribution >= 4 is 29.1 Å². The molecule has 0 bridgehead atoms. The van der Waals surface area contributed by atoms with Gasteiger partial charge in [0, 0.05) is 17.7 Å². The quantitative estimate of drug-likeness (QED) is 0.541. The highest BCUT2D eigenvalue weighted by Gasteiger charge is 2.51. The summed E-state index contributed by atoms with van der Waals surface area (Å²) in [6, 6.07) is 6.97. The smallest absolute Gasteiger partial charge is 0.314 e. The van der Waals surface area contributed by atoms with Crippen LogP contribution in [-0.4, -0.2) is 35.9 Å². The zero-order chi connectivity index (χ0) is 19.8. The maximum atomic E-state index is 13.2. The zero-order valence-corrected chi connectivity index (χ0v) is 16.7. The number of hydroxylamine groups is 2. The summed E-state index contributed by atoms with van der Waals surface area (Å²) in [6.07, 6.45) is 1.98. The molecule has 1 saturated carbocycles. The molecule has 0 saturated heterocycles. The number of rotatable bonds is 6. The lowest BCUT2D eigenvalue weighted by Gasteiger charge is -2.34. The van der Waals surface area contributed by atoms with E-state index >= 15 is 0 Å². The Morgan fingerprint density at radius 3 is 2.52 bits per heavy atom. The monoisotopic (exact) mass is 393 g/mol. The number of hydrogen-bond acceptors (Lipinski definition) is 5. The highest BCUT2D eigenvalue weighted by atomic mass is 35.5. The number of benzene rings is 1. The Labute approximate surface area is 164 Å². The molecule has 1 aliphatic carbocycles. The van der Waals surface area contributed by atoms with Crippen molar-refractivity contribution in [2.45, 2.75) is 51.9 Å². The summed E-state index contributed by atoms with van der Waals surface area (Å²) in [6.45, 7) is 5.21. The lowest BCUT2D eigenvalue weighted by molar-refractivity contribution is -0.276. The second-order valence-corrected chi connectivity index (χ2v) is 7.71. The van der Waals surface area contributed by atoms with Gasteiger partial charge in [0.15, 0.2) is 6.29 Å². The van der Waals surface area contributed by atoms with E-state index in [4.69, 9.17) is 25.9 Å². The summed E-state index contributed by atoms with van der Waals surface area (Å²) in [4.78, 5) is 31.4. The number of methoxy groups -OCH3 is 1. The third kappa shape index (κ3) is 3.61. The zero-order valence-electron chi connectivity index (χ0n) is 16.0. The Hall–Kier alpha value is -1.89. The van der Waals surface area contributed by atoms with Gasteiger partial charge in [-0.1, -0.05) is 36.2 Å². The molecule has 27 heavy (non-hydrogen) atoms. The fourth-order valence-corrected chi connectivity index (χ4v) is 3.36. The van der Waals surface area contributed by atoms with E-state index in [0.717, 1.165) is 19.3 Å². The van der Waals surface area contributed by atoms with Crippen LogP contribution < -0.4 is 0 Å². The van der Waals surface area contributed by atoms with E-state index in [1.54, 1.807) is 45.0 Å². The number of esters is 1. The molecule has 7 heteroatoms. The Balaban J connectivity index is 2.05. The van der Waals surface area contributed by atoms with E-state index in [-0.39, 0.29) is 23.2 Å². The van der Waals surface area contributed by atoms with Gasteiger partial charge in [-0.3, -0.25) is 9.59 Å². The predicted octanol–water partition coefficient (Wildman–Crippen LogP) is 3.94. The molecule has 1 aromatic rings. The first-order valence-corrected chi connectivity index (χ1v) is 9.40. The molecule has 1 aliphatic heterocycles. The van der Waals surface area contributed by atoms with Crippen molar-refractivity contribution in [2.24, 2.45) is 5.92 Å². The molecule has 0 radical (unpaired) electrons. The van der Waals surface area contributed by atoms with Crippen LogP contribution >= 0.6 is 11.6 Å². The van der Waals surface area contributed by atoms with E-state index in [1.165, 1.54) is 12.2 Å². The predicted molar refractivity (Wildman–Crippen MR) is 100 cm³/mol. The van der Waals surface area contributed by atoms with Crippen molar-refractivity contribution < 1.29 is 23.9 Å². The van der Waals surface area contributed by atoms with Crippen LogP contribution in [0.3, 0.4) is 0 Å². The number of halogens is 1. The standard InChI is InChI=1S/C20H24ClNO5/c1-12(25-4)27-22-18(23)16(14-10-5-6-11-15(14)21)17(20(22,2)3)26-19(24)13-8-7-9-13/h5-6,10-13H,7-9H2,1-4H3. The topological polar surface area (TPSA) is 65.1 Å². The second kappa shape index (κ2) is 7.62. The molecule has 6 nitrogen and oxygen atoms in total. The van der Waals surface area contributed by atoms with Gasteiger partial charge in [-0.25, -0.2) is 9.90 Å². The average Bonchev–Trinajstić information content (AvgIpc) is 2.74. The molecule has 0 N–H and O–H groups in total. The first-order valence-electron chi connectivity index (χ1n) is 9.02. The molecular formula is C20H24ClNO5. The number of carbonyl (C=O) groups is 2. The summed E-state index contributed by atoms with van der Waals surface area (Å²) in [7, 11) is 1.48. The van der Waals surface area contributed by atoms with E-state index in [1.807, 2.05) is 0 Å². The van der Waals surface area contributed by atoms with E-state index in [9.17, 15) is 9.59 Å². The van der Waals surface area contributed by atoms with Gasteiger partial charge >= 0.3 is 5.97 Å². The second-order valence-electron chi connectivity index (χ2n) is 7.30. The molecule has 1 heterocycles. The molecule has 1 fully saturated rings. The Morgan fingerprint density at radius 2 is 1.96 bits per heavy atom. The van der Waals surface area contributed by atoms with Crippen LogP contribution in [0.1, 0.15) is 45.6 Å². The molecule has 1 aromatic carbocycles. The number of amides is 1. The summed E-state index contributed by atoms with van der Waals surface area (Å²) >= 11 is 6.34. The average molecular weight is 394 g/mol. The summed E-state index contributed by atoms with van der Waals surface area (Å²) in [5.74, 6) is -0.610. The van der Waals surface area contributed by atoms with Crippen LogP contribution in [0.15, 0.2) is 30.0 Å². The molecule has 3 rings (SSSR count). The fourth-order valence-electron chi connectivity index (χ4n) is 3.13. The van der Waals surface area contributed by atoms with Crippen molar-refractivity contribution in [3.63, 3.8) is 0 Å². The molecule has 0 spiro atoms. The largest absolute Gasteiger partial charge is 0.427 e. The van der Waals surface area contributed by atoms with Gasteiger partial charge < -0.3 is 9.47 Å². The van der Waals surface area contributed by atoms with Gasteiger partial charge in [-0.05, 0) is 39.7 Å². The first-order chi connectivity index (χ1) is 12.8. The van der Waals surface area contributed by atoms with Crippen LogP contribution in [0.5, 0.6) is 0 Å². The highest BCUT2D eigenvalue weighted by molar-refractivity contribution is 6.35. The van der Waals surface area contributed by atoms with Crippen molar-refractivity contribution in [3.8, 4) is 0 Å². The Bertz CT molecular complexity index is 784. The van der Waals surface area contributed by atoms with Gasteiger partial charge in [0.1, 0.15) is 11.3 Å². The van der Waals surface area contributed by atoms with E-state index in [0.29, 0.717) is 10.6 Å². The third-order valence-electron chi connectivity index (χ3n) is 5.06. The molecular weight excluding hydrogens is 370 g/mol. The number of nitrogens with zero attached hydrogens (tertiary/aromatic N) is 1. The van der Waals surface area contributed by atoms with Crippen molar-refractivity contribution in [2.75, 3.05) is 7.11 Å². The molecule has 146 valence electrons. The van der Waals surface area contributed by atoms with Crippen molar-refractivity contribution in [1.82, 2.24) is 5.06 Å². The third-order valence-corrected chi connectivity index (χ3v) is 5.39. The minimum Gasteiger partial charge on any atom is -0.427 e. The Morgan fingerprint density at radius 1 is 1.30 bits per heavy atom. The minimum atomic E-state index is -1.00. The summed E-state index contributed by atoms with van der Waals surface area (Å²) in [5.41, 5.74) is -0.260. The van der Waals surface area contributed by atoms with Crippen molar-refractivity contribution in [3.05, 3.63) is 40.6 Å². The lowest BCUT2D eigenvalue weighted by atomic mass is 9.85. The summed E-state index contributed by atoms with van der Waals surface area (Å²) < 4.78 is 10.9. The van der Waals surface area contributed by atoms with Crippen LogP contribution in [-0.2, 0) is 23.9 Å². The first kappa shape index (κ1) is 19.9. The number of hydrogen-bond donors (Lipinski definition) is 0. The maximum absolute atomic E-state index is 13.2. The molecule has 1 atom stereocenters. The van der Waals surface area contributed by atoms with E-state index in [2.05, 4.69) is 0 Å². The number of carbonyl (C=O) groups excluding carboxylic acids is 2. The highest BCUT2D eigenvalue weighted by Crippen LogP contribution is 2.44. The molecule has 2 aliphatic rings. The molecule has 0 aromatic heterocycles. The SMILES string of the molecule is COC(C)ON1C(=O)C(c2ccccc2Cl)=C(OC(=O)C2CCC2)C1(C)C. The number of ether oxygens (including phenoxy) is 2. The van der Waals surface area contributed by atoms with Gasteiger partial charge in [0.25, 0.3) is 5.91 Å². The summed E-state index contributed by atoms with van der Waals surface area (Å²) in [5, 5.41) is 1.60. The van der Waals surface area contributed by atoms with Gasteiger partial charge in [-0.2, -0.15) is 0 Å². The van der Waals surface area contributed by atoms with Gasteiger partial charge in [-0.15, -0.1) is 0 Å². The lowest BCUT2D eigenvalue weighted by Crippen LogP contribution is -2.46. The van der Waals surface area contributed by atoms with Crippen LogP contribution in [0.4, 0.5) is 0 Å². The maximum Gasteiger partial charge on any atom is 0.314 e. The fraction of sp³-hybridized carbons (Fsp3) is 0.500. The van der Waals surface area contributed by atoms with Crippen molar-refractivity contribution in [1.29, 1.82) is 0 Å². The van der Waals surface area contributed by atoms with Crippen LogP contribution in [0.2, 0.25) is 5.02 Å². The molecule has 1 unspecified atom stereocenters. The van der Waals surface area contributed by atoms with Crippen LogP contribution in [0.25, 0.3) is 5.57 Å². The van der Waals surface area contributed by atoms with Crippen LogP contribution in [0, 0.1) is 5.92 Å². The molecule has 1 amide bonds. The minimum absolute atomic E-state index is 0.122. The van der Waals surface area contributed by atoms with E-state index < -0.39 is 17.7 Å².